The largest absolute Gasteiger partial charge is 0.461 e. The molecule has 1 N–H and O–H groups in total. The Morgan fingerprint density at radius 3 is 2.20 bits per heavy atom. The van der Waals surface area contributed by atoms with Crippen LogP contribution in [0.3, 0.4) is 0 Å². The van der Waals surface area contributed by atoms with Gasteiger partial charge in [-0.25, -0.2) is 4.79 Å². The van der Waals surface area contributed by atoms with E-state index in [4.69, 9.17) is 19.1 Å². The Bertz CT molecular complexity index is 792. The minimum atomic E-state index is -3.25. The molecule has 1 aliphatic rings. The molecule has 0 bridgehead atoms. The highest BCUT2D eigenvalue weighted by molar-refractivity contribution is 5.79. The summed E-state index contributed by atoms with van der Waals surface area (Å²) in [7, 11) is 0. The van der Waals surface area contributed by atoms with Crippen molar-refractivity contribution < 1.29 is 33.5 Å². The Morgan fingerprint density at radius 2 is 1.63 bits per heavy atom. The number of hydrogen-bond donors (Lipinski definition) is 1. The lowest BCUT2D eigenvalue weighted by Gasteiger charge is -2.37. The summed E-state index contributed by atoms with van der Waals surface area (Å²) in [6.07, 6.45) is 13.6. The summed E-state index contributed by atoms with van der Waals surface area (Å²) in [5.41, 5.74) is 0. The molecule has 1 fully saturated rings. The minimum absolute atomic E-state index is 0.168. The number of hydrogen-bond acceptors (Lipinski definition) is 5. The summed E-state index contributed by atoms with van der Waals surface area (Å²) >= 11 is 0. The maximum Gasteiger partial charge on any atom is 0.328 e. The second-order valence-electron chi connectivity index (χ2n) is 9.86. The number of carbonyl (C=O) groups excluding carboxylic acids is 3. The average Bonchev–Trinajstić information content (AvgIpc) is 2.89. The fourth-order valence-corrected chi connectivity index (χ4v) is 4.61. The first-order valence-corrected chi connectivity index (χ1v) is 13.8. The third-order valence-electron chi connectivity index (χ3n) is 6.76. The van der Waals surface area contributed by atoms with E-state index >= 15 is 0 Å². The molecule has 1 rings (SSSR count). The molecule has 204 valence electrons. The van der Waals surface area contributed by atoms with Gasteiger partial charge in [-0.3, -0.25) is 9.59 Å². The number of unbranched alkanes of at least 4 members (excludes halogenated alkanes) is 11. The fraction of sp³-hybridized carbons (Fsp3) is 0.897. The van der Waals surface area contributed by atoms with E-state index in [1.165, 1.54) is 32.1 Å². The first-order valence-electron chi connectivity index (χ1n) is 17.3. The highest BCUT2D eigenvalue weighted by Crippen LogP contribution is 2.32. The Kier molecular flexibility index (Phi) is 12.0. The number of amides is 1. The van der Waals surface area contributed by atoms with Gasteiger partial charge in [0.2, 0.25) is 6.41 Å². The standard InChI is InChI=1S/C29H53NO5/c1-5-7-9-11-12-13-14-15-16-18-24(34-29(33)26(30-22-31)20-23(3)4)21-27-25(28(32)35-27)19-17-10-8-6-2/h22-27H,5-21H2,1-4H3,(H,30,31)/t24-,25-,26-,27-/m0/s1/i3D3,4D3,23D. The zero-order valence-electron chi connectivity index (χ0n) is 28.9. The third kappa shape index (κ3) is 13.9. The molecule has 0 aromatic heterocycles. The fourth-order valence-electron chi connectivity index (χ4n) is 4.61. The lowest BCUT2D eigenvalue weighted by atomic mass is 9.86. The summed E-state index contributed by atoms with van der Waals surface area (Å²) in [4.78, 5) is 36.7. The van der Waals surface area contributed by atoms with Crippen molar-refractivity contribution >= 4 is 18.3 Å². The van der Waals surface area contributed by atoms with Gasteiger partial charge < -0.3 is 14.8 Å². The van der Waals surface area contributed by atoms with Gasteiger partial charge in [0.05, 0.1) is 5.92 Å². The van der Waals surface area contributed by atoms with Crippen molar-refractivity contribution in [3.8, 4) is 0 Å². The molecule has 1 heterocycles. The Labute approximate surface area is 224 Å². The molecule has 0 radical (unpaired) electrons. The summed E-state index contributed by atoms with van der Waals surface area (Å²) in [5, 5.41) is 2.17. The van der Waals surface area contributed by atoms with Crippen LogP contribution in [0.4, 0.5) is 0 Å². The normalized spacial score (nSPS) is 23.0. The quantitative estimate of drug-likeness (QED) is 0.0935. The SMILES string of the molecule is [2H]C([2H])([2H])C([2H])(C[C@H](NC=O)C(=O)O[C@@H](CCCCCCCCCCC)C[C@@H]1OC(=O)[C@H]1CCCCCC)C([2H])([2H])[2H]. The first kappa shape index (κ1) is 21.5. The van der Waals surface area contributed by atoms with Crippen LogP contribution in [0.5, 0.6) is 0 Å². The van der Waals surface area contributed by atoms with Crippen LogP contribution in [0.15, 0.2) is 0 Å². The number of nitrogens with one attached hydrogen (secondary N) is 1. The molecule has 0 aliphatic carbocycles. The van der Waals surface area contributed by atoms with E-state index in [0.29, 0.717) is 12.8 Å². The maximum absolute atomic E-state index is 13.2. The van der Waals surface area contributed by atoms with Gasteiger partial charge in [-0.2, -0.15) is 0 Å². The molecule has 6 heteroatoms. The zero-order chi connectivity index (χ0) is 31.8. The monoisotopic (exact) mass is 502 g/mol. The summed E-state index contributed by atoms with van der Waals surface area (Å²) in [5.74, 6) is -4.54. The van der Waals surface area contributed by atoms with Gasteiger partial charge in [0, 0.05) is 16.0 Å². The Morgan fingerprint density at radius 1 is 1.03 bits per heavy atom. The predicted molar refractivity (Wildman–Crippen MR) is 141 cm³/mol. The highest BCUT2D eigenvalue weighted by atomic mass is 16.6. The van der Waals surface area contributed by atoms with Gasteiger partial charge in [-0.05, 0) is 31.6 Å². The van der Waals surface area contributed by atoms with Crippen molar-refractivity contribution in [3.63, 3.8) is 0 Å². The molecule has 0 aromatic rings. The smallest absolute Gasteiger partial charge is 0.328 e. The zero-order valence-corrected chi connectivity index (χ0v) is 21.9. The van der Waals surface area contributed by atoms with Crippen LogP contribution in [0.2, 0.25) is 0 Å². The summed E-state index contributed by atoms with van der Waals surface area (Å²) < 4.78 is 65.4. The number of esters is 2. The van der Waals surface area contributed by atoms with Crippen molar-refractivity contribution in [2.45, 2.75) is 155 Å². The van der Waals surface area contributed by atoms with E-state index in [1.54, 1.807) is 0 Å². The predicted octanol–water partition coefficient (Wildman–Crippen LogP) is 6.88. The third-order valence-corrected chi connectivity index (χ3v) is 6.76. The van der Waals surface area contributed by atoms with Crippen LogP contribution in [-0.2, 0) is 23.9 Å². The average molecular weight is 503 g/mol. The molecule has 0 saturated carbocycles. The minimum Gasteiger partial charge on any atom is -0.461 e. The molecule has 1 saturated heterocycles. The van der Waals surface area contributed by atoms with Crippen LogP contribution >= 0.6 is 0 Å². The molecule has 1 amide bonds. The maximum atomic E-state index is 13.2. The Hall–Kier alpha value is -1.59. The number of carbonyl (C=O) groups is 3. The van der Waals surface area contributed by atoms with E-state index in [2.05, 4.69) is 19.2 Å². The van der Waals surface area contributed by atoms with Gasteiger partial charge in [-0.15, -0.1) is 0 Å². The van der Waals surface area contributed by atoms with Gasteiger partial charge in [0.25, 0.3) is 0 Å². The van der Waals surface area contributed by atoms with Crippen LogP contribution < -0.4 is 5.32 Å². The Balaban J connectivity index is 2.91. The second kappa shape index (κ2) is 19.6. The molecular formula is C29H53NO5. The number of cyclic esters (lactones) is 1. The molecule has 6 nitrogen and oxygen atoms in total. The van der Waals surface area contributed by atoms with E-state index in [1.807, 2.05) is 0 Å². The van der Waals surface area contributed by atoms with Gasteiger partial charge >= 0.3 is 11.9 Å². The molecule has 35 heavy (non-hydrogen) atoms. The van der Waals surface area contributed by atoms with Crippen molar-refractivity contribution in [3.05, 3.63) is 0 Å². The van der Waals surface area contributed by atoms with E-state index < -0.39 is 50.2 Å². The summed E-state index contributed by atoms with van der Waals surface area (Å²) in [6, 6.07) is -1.64. The van der Waals surface area contributed by atoms with Crippen molar-refractivity contribution in [2.24, 2.45) is 11.8 Å². The van der Waals surface area contributed by atoms with Gasteiger partial charge in [0.1, 0.15) is 18.2 Å². The number of rotatable bonds is 23. The lowest BCUT2D eigenvalue weighted by molar-refractivity contribution is -0.190. The lowest BCUT2D eigenvalue weighted by Crippen LogP contribution is -2.48. The van der Waals surface area contributed by atoms with E-state index in [-0.39, 0.29) is 24.7 Å². The van der Waals surface area contributed by atoms with Crippen LogP contribution in [0, 0.1) is 11.8 Å². The van der Waals surface area contributed by atoms with Crippen molar-refractivity contribution in [2.75, 3.05) is 0 Å². The number of ether oxygens (including phenoxy) is 2. The first-order chi connectivity index (χ1) is 19.7. The second-order valence-corrected chi connectivity index (χ2v) is 9.86. The van der Waals surface area contributed by atoms with Crippen LogP contribution in [0.25, 0.3) is 0 Å². The van der Waals surface area contributed by atoms with Gasteiger partial charge in [-0.1, -0.05) is 105 Å². The molecule has 1 aliphatic heterocycles. The topological polar surface area (TPSA) is 81.7 Å². The molecule has 4 atom stereocenters. The van der Waals surface area contributed by atoms with Gasteiger partial charge in [0.15, 0.2) is 0 Å². The highest BCUT2D eigenvalue weighted by Gasteiger charge is 2.43. The molecule has 0 spiro atoms. The molecule has 0 aromatic carbocycles. The van der Waals surface area contributed by atoms with Crippen molar-refractivity contribution in [1.29, 1.82) is 0 Å². The van der Waals surface area contributed by atoms with E-state index in [0.717, 1.165) is 51.4 Å². The van der Waals surface area contributed by atoms with E-state index in [9.17, 15) is 14.4 Å². The van der Waals surface area contributed by atoms with Crippen LogP contribution in [-0.4, -0.2) is 36.6 Å². The van der Waals surface area contributed by atoms with Crippen LogP contribution in [0.1, 0.15) is 146 Å². The van der Waals surface area contributed by atoms with Crippen molar-refractivity contribution in [1.82, 2.24) is 5.32 Å². The molecule has 0 unspecified atom stereocenters. The molecular weight excluding hydrogens is 442 g/mol. The summed E-state index contributed by atoms with van der Waals surface area (Å²) in [6.45, 7) is -2.20.